The quantitative estimate of drug-likeness (QED) is 0.762. The molecule has 0 spiro atoms. The summed E-state index contributed by atoms with van der Waals surface area (Å²) in [5, 5.41) is 0. The van der Waals surface area contributed by atoms with Crippen LogP contribution in [-0.4, -0.2) is 5.91 Å². The third-order valence-corrected chi connectivity index (χ3v) is 2.25. The molecule has 2 nitrogen and oxygen atoms in total. The second-order valence-corrected chi connectivity index (χ2v) is 3.28. The van der Waals surface area contributed by atoms with Crippen molar-refractivity contribution >= 4 is 5.91 Å². The van der Waals surface area contributed by atoms with Gasteiger partial charge in [0.1, 0.15) is 0 Å². The van der Waals surface area contributed by atoms with Gasteiger partial charge in [-0.2, -0.15) is 0 Å². The maximum atomic E-state index is 10.8. The van der Waals surface area contributed by atoms with Crippen molar-refractivity contribution in [3.05, 3.63) is 48.0 Å². The largest absolute Gasteiger partial charge is 0.369 e. The number of carbonyl (C=O) groups is 1. The third-order valence-electron chi connectivity index (χ3n) is 2.25. The van der Waals surface area contributed by atoms with E-state index >= 15 is 0 Å². The Morgan fingerprint density at radius 3 is 2.64 bits per heavy atom. The standard InChI is InChI=1S/C12H11NO/c13-12(14)8-10-7-6-9-4-2-1-3-5-11(9)10/h1-7H,8H2,(H2,13,14). The minimum atomic E-state index is -0.288. The molecule has 1 amide bonds. The highest BCUT2D eigenvalue weighted by atomic mass is 16.1. The van der Waals surface area contributed by atoms with Gasteiger partial charge in [-0.15, -0.1) is 0 Å². The molecular formula is C12H11NO. The molecule has 0 radical (unpaired) electrons. The van der Waals surface area contributed by atoms with Gasteiger partial charge in [0.25, 0.3) is 0 Å². The van der Waals surface area contributed by atoms with Crippen LogP contribution in [0.2, 0.25) is 0 Å². The SMILES string of the molecule is NC(=O)Cc1ccc2cccccc1-2. The molecule has 0 aromatic rings. The molecule has 70 valence electrons. The zero-order chi connectivity index (χ0) is 9.97. The van der Waals surface area contributed by atoms with E-state index in [9.17, 15) is 4.79 Å². The molecule has 14 heavy (non-hydrogen) atoms. The minimum Gasteiger partial charge on any atom is -0.369 e. The van der Waals surface area contributed by atoms with Crippen molar-refractivity contribution in [1.29, 1.82) is 0 Å². The van der Waals surface area contributed by atoms with Crippen molar-refractivity contribution in [3.8, 4) is 11.1 Å². The number of carbonyl (C=O) groups excluding carboxylic acids is 1. The van der Waals surface area contributed by atoms with Crippen LogP contribution in [0.25, 0.3) is 11.1 Å². The molecule has 2 rings (SSSR count). The molecule has 0 fully saturated rings. The van der Waals surface area contributed by atoms with E-state index < -0.39 is 0 Å². The molecule has 2 heteroatoms. The highest BCUT2D eigenvalue weighted by Crippen LogP contribution is 2.26. The lowest BCUT2D eigenvalue weighted by Gasteiger charge is -1.97. The fraction of sp³-hybridized carbons (Fsp3) is 0.0833. The number of amides is 1. The number of fused-ring (bicyclic) bond motifs is 1. The molecule has 2 aliphatic rings. The summed E-state index contributed by atoms with van der Waals surface area (Å²) in [6.07, 6.45) is 0.313. The fourth-order valence-corrected chi connectivity index (χ4v) is 1.62. The molecule has 0 heterocycles. The second kappa shape index (κ2) is 3.50. The summed E-state index contributed by atoms with van der Waals surface area (Å²) in [6, 6.07) is 13.9. The number of nitrogens with two attached hydrogens (primary N) is 1. The van der Waals surface area contributed by atoms with Crippen LogP contribution in [0.5, 0.6) is 0 Å². The lowest BCUT2D eigenvalue weighted by atomic mass is 10.1. The van der Waals surface area contributed by atoms with Gasteiger partial charge in [0.05, 0.1) is 6.42 Å². The summed E-state index contributed by atoms with van der Waals surface area (Å²) in [5.74, 6) is -0.288. The van der Waals surface area contributed by atoms with Gasteiger partial charge in [-0.1, -0.05) is 42.5 Å². The molecule has 0 aromatic carbocycles. The van der Waals surface area contributed by atoms with E-state index in [0.717, 1.165) is 16.7 Å². The maximum Gasteiger partial charge on any atom is 0.221 e. The highest BCUT2D eigenvalue weighted by molar-refractivity contribution is 5.81. The average Bonchev–Trinajstić information content (AvgIpc) is 2.37. The van der Waals surface area contributed by atoms with E-state index in [4.69, 9.17) is 5.73 Å². The first kappa shape index (κ1) is 8.75. The highest BCUT2D eigenvalue weighted by Gasteiger charge is 2.08. The van der Waals surface area contributed by atoms with Crippen LogP contribution < -0.4 is 5.73 Å². The Kier molecular flexibility index (Phi) is 2.19. The van der Waals surface area contributed by atoms with Gasteiger partial charge in [0, 0.05) is 0 Å². The number of primary amides is 1. The van der Waals surface area contributed by atoms with E-state index in [1.54, 1.807) is 0 Å². The van der Waals surface area contributed by atoms with Gasteiger partial charge in [-0.3, -0.25) is 4.79 Å². The van der Waals surface area contributed by atoms with E-state index in [-0.39, 0.29) is 5.91 Å². The summed E-state index contributed by atoms with van der Waals surface area (Å²) in [6.45, 7) is 0. The fourth-order valence-electron chi connectivity index (χ4n) is 1.62. The van der Waals surface area contributed by atoms with Crippen LogP contribution in [0.15, 0.2) is 42.5 Å². The normalized spacial score (nSPS) is 10.3. The van der Waals surface area contributed by atoms with Crippen molar-refractivity contribution in [1.82, 2.24) is 0 Å². The molecule has 0 saturated carbocycles. The first-order valence-corrected chi connectivity index (χ1v) is 4.52. The van der Waals surface area contributed by atoms with Crippen molar-refractivity contribution in [2.24, 2.45) is 5.73 Å². The molecule has 0 unspecified atom stereocenters. The van der Waals surface area contributed by atoms with Crippen LogP contribution >= 0.6 is 0 Å². The Morgan fingerprint density at radius 1 is 1.07 bits per heavy atom. The Hall–Kier alpha value is -1.83. The Bertz CT molecular complexity index is 436. The third kappa shape index (κ3) is 1.59. The number of hydrogen-bond donors (Lipinski definition) is 1. The van der Waals surface area contributed by atoms with Gasteiger partial charge in [-0.05, 0) is 16.7 Å². The average molecular weight is 185 g/mol. The lowest BCUT2D eigenvalue weighted by Crippen LogP contribution is -2.13. The zero-order valence-electron chi connectivity index (χ0n) is 7.73. The topological polar surface area (TPSA) is 43.1 Å². The van der Waals surface area contributed by atoms with E-state index in [1.807, 2.05) is 42.5 Å². The second-order valence-electron chi connectivity index (χ2n) is 3.28. The van der Waals surface area contributed by atoms with Crippen LogP contribution in [-0.2, 0) is 11.2 Å². The summed E-state index contributed by atoms with van der Waals surface area (Å²) >= 11 is 0. The molecule has 0 aromatic heterocycles. The van der Waals surface area contributed by atoms with Crippen molar-refractivity contribution in [2.45, 2.75) is 6.42 Å². The summed E-state index contributed by atoms with van der Waals surface area (Å²) in [5.41, 5.74) is 8.42. The van der Waals surface area contributed by atoms with E-state index in [0.29, 0.717) is 6.42 Å². The zero-order valence-corrected chi connectivity index (χ0v) is 7.73. The van der Waals surface area contributed by atoms with Crippen LogP contribution in [0.1, 0.15) is 5.56 Å². The van der Waals surface area contributed by atoms with Gasteiger partial charge in [0.2, 0.25) is 5.91 Å². The maximum absolute atomic E-state index is 10.8. The molecule has 2 N–H and O–H groups in total. The first-order chi connectivity index (χ1) is 6.77. The molecule has 0 saturated heterocycles. The molecule has 2 aliphatic carbocycles. The number of hydrogen-bond acceptors (Lipinski definition) is 1. The summed E-state index contributed by atoms with van der Waals surface area (Å²) < 4.78 is 0. The molecule has 0 atom stereocenters. The Labute approximate surface area is 82.7 Å². The van der Waals surface area contributed by atoms with Gasteiger partial charge < -0.3 is 5.73 Å². The Morgan fingerprint density at radius 2 is 1.86 bits per heavy atom. The Balaban J connectivity index is 2.47. The van der Waals surface area contributed by atoms with Gasteiger partial charge in [0.15, 0.2) is 0 Å². The monoisotopic (exact) mass is 185 g/mol. The van der Waals surface area contributed by atoms with Crippen molar-refractivity contribution in [3.63, 3.8) is 0 Å². The minimum absolute atomic E-state index is 0.288. The van der Waals surface area contributed by atoms with Gasteiger partial charge >= 0.3 is 0 Å². The van der Waals surface area contributed by atoms with Crippen molar-refractivity contribution in [2.75, 3.05) is 0 Å². The van der Waals surface area contributed by atoms with Gasteiger partial charge in [-0.25, -0.2) is 0 Å². The lowest BCUT2D eigenvalue weighted by molar-refractivity contribution is -0.117. The summed E-state index contributed by atoms with van der Waals surface area (Å²) in [7, 11) is 0. The predicted molar refractivity (Wildman–Crippen MR) is 56.0 cm³/mol. The predicted octanol–water partition coefficient (Wildman–Crippen LogP) is 1.82. The number of rotatable bonds is 2. The van der Waals surface area contributed by atoms with Crippen LogP contribution in [0.4, 0.5) is 0 Å². The molecular weight excluding hydrogens is 174 g/mol. The van der Waals surface area contributed by atoms with E-state index in [2.05, 4.69) is 0 Å². The van der Waals surface area contributed by atoms with Crippen LogP contribution in [0.3, 0.4) is 0 Å². The van der Waals surface area contributed by atoms with Crippen molar-refractivity contribution < 1.29 is 4.79 Å². The molecule has 0 aliphatic heterocycles. The summed E-state index contributed by atoms with van der Waals surface area (Å²) in [4.78, 5) is 10.8. The first-order valence-electron chi connectivity index (χ1n) is 4.52. The molecule has 0 bridgehead atoms. The van der Waals surface area contributed by atoms with Crippen LogP contribution in [0, 0.1) is 0 Å². The van der Waals surface area contributed by atoms with E-state index in [1.165, 1.54) is 0 Å². The smallest absolute Gasteiger partial charge is 0.221 e.